The second-order valence-electron chi connectivity index (χ2n) is 9.93. The summed E-state index contributed by atoms with van der Waals surface area (Å²) in [5, 5.41) is 0. The highest BCUT2D eigenvalue weighted by molar-refractivity contribution is 7.89. The Hall–Kier alpha value is -1.78. The third kappa shape index (κ3) is 9.27. The van der Waals surface area contributed by atoms with Crippen LogP contribution in [-0.2, 0) is 20.0 Å². The lowest BCUT2D eigenvalue weighted by molar-refractivity contribution is 0.197. The highest BCUT2D eigenvalue weighted by Crippen LogP contribution is 2.24. The van der Waals surface area contributed by atoms with Crippen LogP contribution in [-0.4, -0.2) is 54.5 Å². The summed E-state index contributed by atoms with van der Waals surface area (Å²) < 4.78 is 55.7. The van der Waals surface area contributed by atoms with E-state index in [9.17, 15) is 16.8 Å². The minimum absolute atomic E-state index is 0.285. The Balaban J connectivity index is 1.48. The van der Waals surface area contributed by atoms with Crippen molar-refractivity contribution in [3.63, 3.8) is 0 Å². The summed E-state index contributed by atoms with van der Waals surface area (Å²) in [5.74, 6) is 0.659. The van der Waals surface area contributed by atoms with Gasteiger partial charge in [-0.15, -0.1) is 0 Å². The van der Waals surface area contributed by atoms with E-state index >= 15 is 0 Å². The molecule has 9 heteroatoms. The van der Waals surface area contributed by atoms with Crippen LogP contribution in [0.4, 0.5) is 0 Å². The molecule has 36 heavy (non-hydrogen) atoms. The highest BCUT2D eigenvalue weighted by atomic mass is 32.2. The molecule has 0 atom stereocenters. The maximum atomic E-state index is 12.6. The number of hydrogen-bond donors (Lipinski definition) is 2. The molecule has 1 aliphatic carbocycles. The van der Waals surface area contributed by atoms with E-state index in [-0.39, 0.29) is 9.79 Å². The van der Waals surface area contributed by atoms with Gasteiger partial charge in [-0.3, -0.25) is 0 Å². The summed E-state index contributed by atoms with van der Waals surface area (Å²) in [7, 11) is -7.03. The molecule has 200 valence electrons. The number of sulfonamides is 2. The van der Waals surface area contributed by atoms with Crippen LogP contribution in [0.5, 0.6) is 0 Å². The maximum Gasteiger partial charge on any atom is 0.240 e. The van der Waals surface area contributed by atoms with Crippen LogP contribution in [0, 0.1) is 19.8 Å². The second-order valence-corrected chi connectivity index (χ2v) is 13.5. The molecule has 0 aromatic heterocycles. The molecule has 0 saturated heterocycles. The van der Waals surface area contributed by atoms with Gasteiger partial charge < -0.3 is 4.90 Å². The molecule has 0 aliphatic heterocycles. The molecule has 3 rings (SSSR count). The van der Waals surface area contributed by atoms with Crippen LogP contribution < -0.4 is 9.44 Å². The second kappa shape index (κ2) is 13.7. The Kier molecular flexibility index (Phi) is 10.9. The third-order valence-corrected chi connectivity index (χ3v) is 9.74. The lowest BCUT2D eigenvalue weighted by atomic mass is 9.89. The molecule has 2 N–H and O–H groups in total. The predicted molar refractivity (Wildman–Crippen MR) is 145 cm³/mol. The van der Waals surface area contributed by atoms with Crippen molar-refractivity contribution >= 4 is 20.0 Å². The van der Waals surface area contributed by atoms with Gasteiger partial charge in [-0.25, -0.2) is 26.3 Å². The van der Waals surface area contributed by atoms with Crippen molar-refractivity contribution in [1.29, 1.82) is 0 Å². The minimum atomic E-state index is -3.51. The summed E-state index contributed by atoms with van der Waals surface area (Å²) in [4.78, 5) is 2.94. The lowest BCUT2D eigenvalue weighted by Gasteiger charge is -2.30. The zero-order valence-electron chi connectivity index (χ0n) is 21.6. The van der Waals surface area contributed by atoms with Crippen molar-refractivity contribution in [3.8, 4) is 0 Å². The number of nitrogens with one attached hydrogen (secondary N) is 2. The fourth-order valence-corrected chi connectivity index (χ4v) is 6.80. The molecule has 2 aromatic carbocycles. The number of nitrogens with zero attached hydrogens (tertiary/aromatic N) is 1. The molecule has 0 radical (unpaired) electrons. The van der Waals surface area contributed by atoms with Gasteiger partial charge in [-0.05, 0) is 82.8 Å². The molecule has 7 nitrogen and oxygen atoms in total. The third-order valence-electron chi connectivity index (χ3n) is 6.79. The van der Waals surface area contributed by atoms with Crippen molar-refractivity contribution in [1.82, 2.24) is 14.3 Å². The largest absolute Gasteiger partial charge is 0.303 e. The summed E-state index contributed by atoms with van der Waals surface area (Å²) in [5.41, 5.74) is 2.04. The van der Waals surface area contributed by atoms with E-state index in [1.165, 1.54) is 32.1 Å². The molecule has 1 aliphatic rings. The van der Waals surface area contributed by atoms with E-state index in [2.05, 4.69) is 14.3 Å². The van der Waals surface area contributed by atoms with Crippen molar-refractivity contribution in [2.75, 3.05) is 32.7 Å². The van der Waals surface area contributed by atoms with E-state index < -0.39 is 20.0 Å². The summed E-state index contributed by atoms with van der Waals surface area (Å²) >= 11 is 0. The zero-order chi connectivity index (χ0) is 26.0. The van der Waals surface area contributed by atoms with Crippen molar-refractivity contribution in [3.05, 3.63) is 59.7 Å². The molecule has 0 amide bonds. The molecular formula is C27H41N3O4S2. The van der Waals surface area contributed by atoms with Crippen LogP contribution in [0.15, 0.2) is 58.3 Å². The summed E-state index contributed by atoms with van der Waals surface area (Å²) in [6.45, 7) is 7.13. The first-order valence-electron chi connectivity index (χ1n) is 13.0. The highest BCUT2D eigenvalue weighted by Gasteiger charge is 2.19. The Bertz CT molecular complexity index is 1060. The number of hydrogen-bond acceptors (Lipinski definition) is 5. The van der Waals surface area contributed by atoms with Gasteiger partial charge in [-0.1, -0.05) is 54.7 Å². The topological polar surface area (TPSA) is 95.6 Å². The Labute approximate surface area is 217 Å². The molecule has 1 saturated carbocycles. The smallest absolute Gasteiger partial charge is 0.240 e. The Morgan fingerprint density at radius 1 is 0.694 bits per heavy atom. The van der Waals surface area contributed by atoms with Crippen LogP contribution in [0.3, 0.4) is 0 Å². The molecular weight excluding hydrogens is 494 g/mol. The fourth-order valence-electron chi connectivity index (χ4n) is 4.65. The van der Waals surface area contributed by atoms with E-state index in [0.29, 0.717) is 31.8 Å². The minimum Gasteiger partial charge on any atom is -0.303 e. The molecule has 0 spiro atoms. The van der Waals surface area contributed by atoms with Gasteiger partial charge >= 0.3 is 0 Å². The Morgan fingerprint density at radius 3 is 1.53 bits per heavy atom. The van der Waals surface area contributed by atoms with Gasteiger partial charge in [0.15, 0.2) is 0 Å². The standard InChI is InChI=1S/C27H41N3O4S2/c1-23-10-14-26(15-11-23)35(31,32)28-18-6-20-30(22-25-8-4-3-5-9-25)21-7-19-29-36(33,34)27-16-12-24(2)13-17-27/h10-17,25,28-29H,3-9,18-22H2,1-2H3. The van der Waals surface area contributed by atoms with Crippen molar-refractivity contribution in [2.45, 2.75) is 68.6 Å². The van der Waals surface area contributed by atoms with Gasteiger partial charge in [0.1, 0.15) is 0 Å². The SMILES string of the molecule is Cc1ccc(S(=O)(=O)NCCCN(CCCNS(=O)(=O)c2ccc(C)cc2)CC2CCCCC2)cc1. The first kappa shape index (κ1) is 28.8. The monoisotopic (exact) mass is 535 g/mol. The maximum absolute atomic E-state index is 12.6. The average molecular weight is 536 g/mol. The normalized spacial score (nSPS) is 15.4. The average Bonchev–Trinajstić information content (AvgIpc) is 2.85. The number of aryl methyl sites for hydroxylation is 2. The van der Waals surface area contributed by atoms with Gasteiger partial charge in [-0.2, -0.15) is 0 Å². The number of rotatable bonds is 14. The van der Waals surface area contributed by atoms with E-state index in [1.807, 2.05) is 13.8 Å². The van der Waals surface area contributed by atoms with E-state index in [1.54, 1.807) is 48.5 Å². The molecule has 2 aromatic rings. The zero-order valence-corrected chi connectivity index (χ0v) is 23.2. The van der Waals surface area contributed by atoms with Crippen molar-refractivity contribution in [2.24, 2.45) is 5.92 Å². The quantitative estimate of drug-likeness (QED) is 0.353. The van der Waals surface area contributed by atoms with Crippen molar-refractivity contribution < 1.29 is 16.8 Å². The van der Waals surface area contributed by atoms with Gasteiger partial charge in [0.05, 0.1) is 9.79 Å². The van der Waals surface area contributed by atoms with E-state index in [4.69, 9.17) is 0 Å². The van der Waals surface area contributed by atoms with Gasteiger partial charge in [0.2, 0.25) is 20.0 Å². The van der Waals surface area contributed by atoms with Crippen LogP contribution >= 0.6 is 0 Å². The van der Waals surface area contributed by atoms with Crippen LogP contribution in [0.25, 0.3) is 0 Å². The first-order chi connectivity index (χ1) is 17.2. The van der Waals surface area contributed by atoms with Crippen LogP contribution in [0.1, 0.15) is 56.1 Å². The van der Waals surface area contributed by atoms with Crippen LogP contribution in [0.2, 0.25) is 0 Å². The summed E-state index contributed by atoms with van der Waals surface area (Å²) in [6.07, 6.45) is 7.71. The number of benzene rings is 2. The van der Waals surface area contributed by atoms with Gasteiger partial charge in [0.25, 0.3) is 0 Å². The molecule has 0 unspecified atom stereocenters. The predicted octanol–water partition coefficient (Wildman–Crippen LogP) is 4.22. The molecule has 1 fully saturated rings. The first-order valence-corrected chi connectivity index (χ1v) is 16.0. The van der Waals surface area contributed by atoms with Gasteiger partial charge in [0, 0.05) is 19.6 Å². The lowest BCUT2D eigenvalue weighted by Crippen LogP contribution is -2.36. The molecule has 0 heterocycles. The molecule has 0 bridgehead atoms. The summed E-state index contributed by atoms with van der Waals surface area (Å²) in [6, 6.07) is 13.7. The fraction of sp³-hybridized carbons (Fsp3) is 0.556. The van der Waals surface area contributed by atoms with E-state index in [0.717, 1.165) is 30.8 Å². The Morgan fingerprint density at radius 2 is 1.11 bits per heavy atom.